The van der Waals surface area contributed by atoms with Crippen LogP contribution in [0.15, 0.2) is 24.3 Å². The Morgan fingerprint density at radius 2 is 1.32 bits per heavy atom. The van der Waals surface area contributed by atoms with Gasteiger partial charge in [-0.2, -0.15) is 0 Å². The zero-order valence-corrected chi connectivity index (χ0v) is 18.2. The SMILES string of the molecule is CCCCCCCN(CCCCCCC)C(=O)c1cccc(C(=O)OCC)c1. The Hall–Kier alpha value is -1.84. The van der Waals surface area contributed by atoms with Gasteiger partial charge in [0.2, 0.25) is 0 Å². The van der Waals surface area contributed by atoms with Gasteiger partial charge in [0.15, 0.2) is 0 Å². The van der Waals surface area contributed by atoms with Crippen molar-refractivity contribution in [3.8, 4) is 0 Å². The standard InChI is InChI=1S/C24H39NO3/c1-4-7-9-11-13-18-25(19-14-12-10-8-5-2)23(26)21-16-15-17-22(20-21)24(27)28-6-3/h15-17,20H,4-14,18-19H2,1-3H3. The molecule has 28 heavy (non-hydrogen) atoms. The number of unbranched alkanes of at least 4 members (excludes halogenated alkanes) is 8. The van der Waals surface area contributed by atoms with Crippen molar-refractivity contribution in [1.82, 2.24) is 4.90 Å². The normalized spacial score (nSPS) is 10.7. The Morgan fingerprint density at radius 3 is 1.86 bits per heavy atom. The highest BCUT2D eigenvalue weighted by molar-refractivity contribution is 5.97. The molecule has 1 rings (SSSR count). The summed E-state index contributed by atoms with van der Waals surface area (Å²) in [6.07, 6.45) is 11.8. The van der Waals surface area contributed by atoms with Crippen molar-refractivity contribution in [1.29, 1.82) is 0 Å². The molecule has 4 nitrogen and oxygen atoms in total. The summed E-state index contributed by atoms with van der Waals surface area (Å²) in [5, 5.41) is 0. The number of esters is 1. The minimum atomic E-state index is -0.372. The predicted molar refractivity (Wildman–Crippen MR) is 116 cm³/mol. The van der Waals surface area contributed by atoms with Crippen LogP contribution in [-0.2, 0) is 4.74 Å². The summed E-state index contributed by atoms with van der Waals surface area (Å²) < 4.78 is 5.06. The molecule has 0 spiro atoms. The van der Waals surface area contributed by atoms with Crippen LogP contribution in [0.25, 0.3) is 0 Å². The first kappa shape index (κ1) is 24.2. The lowest BCUT2D eigenvalue weighted by atomic mass is 10.1. The molecule has 0 saturated carbocycles. The summed E-state index contributed by atoms with van der Waals surface area (Å²) in [5.41, 5.74) is 1.02. The van der Waals surface area contributed by atoms with E-state index in [0.717, 1.165) is 38.8 Å². The highest BCUT2D eigenvalue weighted by Gasteiger charge is 2.17. The van der Waals surface area contributed by atoms with E-state index in [9.17, 15) is 9.59 Å². The van der Waals surface area contributed by atoms with E-state index in [2.05, 4.69) is 13.8 Å². The quantitative estimate of drug-likeness (QED) is 0.263. The Labute approximate surface area is 171 Å². The second kappa shape index (κ2) is 15.1. The number of carbonyl (C=O) groups excluding carboxylic acids is 2. The van der Waals surface area contributed by atoms with Gasteiger partial charge in [0, 0.05) is 18.7 Å². The molecule has 0 N–H and O–H groups in total. The van der Waals surface area contributed by atoms with Crippen molar-refractivity contribution in [2.75, 3.05) is 19.7 Å². The fourth-order valence-corrected chi connectivity index (χ4v) is 3.30. The molecule has 0 aromatic heterocycles. The molecule has 4 heteroatoms. The van der Waals surface area contributed by atoms with Gasteiger partial charge in [0.05, 0.1) is 12.2 Å². The highest BCUT2D eigenvalue weighted by Crippen LogP contribution is 2.13. The number of hydrogen-bond acceptors (Lipinski definition) is 3. The highest BCUT2D eigenvalue weighted by atomic mass is 16.5. The largest absolute Gasteiger partial charge is 0.462 e. The molecule has 1 aromatic carbocycles. The molecule has 0 heterocycles. The molecular weight excluding hydrogens is 350 g/mol. The van der Waals surface area contributed by atoms with Crippen LogP contribution in [0.3, 0.4) is 0 Å². The molecular formula is C24H39NO3. The number of nitrogens with zero attached hydrogens (tertiary/aromatic N) is 1. The Balaban J connectivity index is 2.72. The first-order chi connectivity index (χ1) is 13.6. The zero-order chi connectivity index (χ0) is 20.6. The van der Waals surface area contributed by atoms with Crippen molar-refractivity contribution < 1.29 is 14.3 Å². The molecule has 0 aliphatic rings. The number of hydrogen-bond donors (Lipinski definition) is 0. The van der Waals surface area contributed by atoms with Gasteiger partial charge < -0.3 is 9.64 Å². The average molecular weight is 390 g/mol. The third-order valence-electron chi connectivity index (χ3n) is 4.97. The van der Waals surface area contributed by atoms with E-state index in [1.807, 2.05) is 4.90 Å². The Bertz CT molecular complexity index is 557. The minimum Gasteiger partial charge on any atom is -0.462 e. The molecule has 0 unspecified atom stereocenters. The summed E-state index contributed by atoms with van der Waals surface area (Å²) in [4.78, 5) is 27.1. The summed E-state index contributed by atoms with van der Waals surface area (Å²) in [7, 11) is 0. The third-order valence-corrected chi connectivity index (χ3v) is 4.97. The van der Waals surface area contributed by atoms with Crippen LogP contribution in [0.2, 0.25) is 0 Å². The van der Waals surface area contributed by atoms with Crippen molar-refractivity contribution in [3.05, 3.63) is 35.4 Å². The maximum Gasteiger partial charge on any atom is 0.338 e. The minimum absolute atomic E-state index is 0.0251. The number of carbonyl (C=O) groups is 2. The average Bonchev–Trinajstić information content (AvgIpc) is 2.71. The molecule has 0 radical (unpaired) electrons. The third kappa shape index (κ3) is 9.38. The first-order valence-corrected chi connectivity index (χ1v) is 11.2. The van der Waals surface area contributed by atoms with Crippen LogP contribution in [0, 0.1) is 0 Å². The van der Waals surface area contributed by atoms with Crippen LogP contribution in [0.5, 0.6) is 0 Å². The van der Waals surface area contributed by atoms with Gasteiger partial charge in [-0.3, -0.25) is 4.79 Å². The van der Waals surface area contributed by atoms with Gasteiger partial charge in [0.1, 0.15) is 0 Å². The van der Waals surface area contributed by atoms with Crippen LogP contribution in [0.1, 0.15) is 106 Å². The lowest BCUT2D eigenvalue weighted by Crippen LogP contribution is -2.33. The Morgan fingerprint density at radius 1 is 0.786 bits per heavy atom. The predicted octanol–water partition coefficient (Wildman–Crippen LogP) is 6.25. The van der Waals surface area contributed by atoms with Crippen LogP contribution in [-0.4, -0.2) is 36.5 Å². The van der Waals surface area contributed by atoms with Gasteiger partial charge in [-0.15, -0.1) is 0 Å². The van der Waals surface area contributed by atoms with E-state index in [0.29, 0.717) is 17.7 Å². The monoisotopic (exact) mass is 389 g/mol. The molecule has 0 aliphatic heterocycles. The number of rotatable bonds is 15. The van der Waals surface area contributed by atoms with E-state index < -0.39 is 0 Å². The van der Waals surface area contributed by atoms with E-state index in [-0.39, 0.29) is 11.9 Å². The second-order valence-electron chi connectivity index (χ2n) is 7.42. The van der Waals surface area contributed by atoms with E-state index in [4.69, 9.17) is 4.74 Å². The summed E-state index contributed by atoms with van der Waals surface area (Å²) >= 11 is 0. The molecule has 158 valence electrons. The summed E-state index contributed by atoms with van der Waals surface area (Å²) in [6.45, 7) is 8.12. The van der Waals surface area contributed by atoms with Gasteiger partial charge in [-0.1, -0.05) is 71.3 Å². The van der Waals surface area contributed by atoms with Crippen LogP contribution >= 0.6 is 0 Å². The molecule has 1 aromatic rings. The van der Waals surface area contributed by atoms with Gasteiger partial charge in [-0.25, -0.2) is 4.79 Å². The zero-order valence-electron chi connectivity index (χ0n) is 18.2. The smallest absolute Gasteiger partial charge is 0.338 e. The Kier molecular flexibility index (Phi) is 13.1. The molecule has 0 fully saturated rings. The lowest BCUT2D eigenvalue weighted by molar-refractivity contribution is 0.0526. The molecule has 0 bridgehead atoms. The topological polar surface area (TPSA) is 46.6 Å². The number of benzene rings is 1. The van der Waals surface area contributed by atoms with Gasteiger partial charge in [0.25, 0.3) is 5.91 Å². The maximum absolute atomic E-state index is 13.1. The van der Waals surface area contributed by atoms with E-state index in [1.165, 1.54) is 38.5 Å². The van der Waals surface area contributed by atoms with Crippen molar-refractivity contribution in [3.63, 3.8) is 0 Å². The number of ether oxygens (including phenoxy) is 1. The molecule has 0 saturated heterocycles. The fourth-order valence-electron chi connectivity index (χ4n) is 3.30. The van der Waals surface area contributed by atoms with Crippen LogP contribution in [0.4, 0.5) is 0 Å². The number of amides is 1. The van der Waals surface area contributed by atoms with Gasteiger partial charge >= 0.3 is 5.97 Å². The summed E-state index contributed by atoms with van der Waals surface area (Å²) in [5.74, 6) is -0.347. The second-order valence-corrected chi connectivity index (χ2v) is 7.42. The van der Waals surface area contributed by atoms with Gasteiger partial charge in [-0.05, 0) is 38.0 Å². The van der Waals surface area contributed by atoms with Crippen molar-refractivity contribution in [2.24, 2.45) is 0 Å². The first-order valence-electron chi connectivity index (χ1n) is 11.2. The van der Waals surface area contributed by atoms with Crippen LogP contribution < -0.4 is 0 Å². The van der Waals surface area contributed by atoms with E-state index in [1.54, 1.807) is 31.2 Å². The molecule has 1 amide bonds. The van der Waals surface area contributed by atoms with Crippen molar-refractivity contribution in [2.45, 2.75) is 85.0 Å². The molecule has 0 atom stereocenters. The fraction of sp³-hybridized carbons (Fsp3) is 0.667. The lowest BCUT2D eigenvalue weighted by Gasteiger charge is -2.23. The molecule has 0 aliphatic carbocycles. The maximum atomic E-state index is 13.1. The summed E-state index contributed by atoms with van der Waals surface area (Å²) in [6, 6.07) is 6.93. The van der Waals surface area contributed by atoms with E-state index >= 15 is 0 Å². The van der Waals surface area contributed by atoms with Crippen molar-refractivity contribution >= 4 is 11.9 Å².